The number of hydrogen-bond acceptors (Lipinski definition) is 6. The molecule has 0 aliphatic heterocycles. The predicted octanol–water partition coefficient (Wildman–Crippen LogP) is 6.46. The van der Waals surface area contributed by atoms with Crippen LogP contribution in [0.2, 0.25) is 0 Å². The van der Waals surface area contributed by atoms with Gasteiger partial charge in [0, 0.05) is 4.47 Å². The first-order valence-corrected chi connectivity index (χ1v) is 15.1. The third-order valence-corrected chi connectivity index (χ3v) is 9.38. The molecule has 202 valence electrons. The molecule has 0 radical (unpaired) electrons. The Morgan fingerprint density at radius 3 is 1.89 bits per heavy atom. The van der Waals surface area contributed by atoms with Gasteiger partial charge in [0.15, 0.2) is 5.75 Å². The Morgan fingerprint density at radius 1 is 0.972 bits per heavy atom. The number of halogens is 6. The van der Waals surface area contributed by atoms with E-state index >= 15 is 0 Å². The van der Waals surface area contributed by atoms with E-state index in [2.05, 4.69) is 52.5 Å². The Kier molecular flexibility index (Phi) is 9.28. The molecule has 0 saturated heterocycles. The number of rotatable bonds is 6. The molecule has 0 bridgehead atoms. The third kappa shape index (κ3) is 7.23. The van der Waals surface area contributed by atoms with Crippen LogP contribution in [0, 0.1) is 23.7 Å². The number of alkyl halides is 3. The number of esters is 2. The van der Waals surface area contributed by atoms with E-state index in [1.165, 1.54) is 0 Å². The van der Waals surface area contributed by atoms with Crippen LogP contribution in [-0.2, 0) is 24.4 Å². The summed E-state index contributed by atoms with van der Waals surface area (Å²) in [5.41, 5.74) is -3.36. The predicted molar refractivity (Wildman–Crippen MR) is 134 cm³/mol. The van der Waals surface area contributed by atoms with Crippen molar-refractivity contribution < 1.29 is 45.2 Å². The highest BCUT2D eigenvalue weighted by molar-refractivity contribution is 9.11. The number of ether oxygens (including phenoxy) is 2. The van der Waals surface area contributed by atoms with Gasteiger partial charge in [0.1, 0.15) is 5.75 Å². The van der Waals surface area contributed by atoms with Crippen molar-refractivity contribution in [3.63, 3.8) is 0 Å². The minimum absolute atomic E-state index is 0.0187. The van der Waals surface area contributed by atoms with Gasteiger partial charge in [-0.05, 0) is 101 Å². The molecule has 2 fully saturated rings. The lowest BCUT2D eigenvalue weighted by atomic mass is 9.65. The summed E-state index contributed by atoms with van der Waals surface area (Å²) in [5, 5.41) is 0. The van der Waals surface area contributed by atoms with Crippen LogP contribution < -0.4 is 4.74 Å². The molecular formula is C22H24Br3F3O7S. The molecule has 0 heterocycles. The Morgan fingerprint density at radius 2 is 1.44 bits per heavy atom. The van der Waals surface area contributed by atoms with Gasteiger partial charge in [-0.3, -0.25) is 14.1 Å². The molecule has 5 unspecified atom stereocenters. The molecule has 36 heavy (non-hydrogen) atoms. The van der Waals surface area contributed by atoms with Gasteiger partial charge in [0.2, 0.25) is 5.60 Å². The second-order valence-electron chi connectivity index (χ2n) is 9.54. The van der Waals surface area contributed by atoms with Gasteiger partial charge in [-0.25, -0.2) is 0 Å². The fourth-order valence-corrected chi connectivity index (χ4v) is 8.29. The van der Waals surface area contributed by atoms with Crippen LogP contribution in [0.3, 0.4) is 0 Å². The van der Waals surface area contributed by atoms with Crippen molar-refractivity contribution in [3.05, 3.63) is 25.6 Å². The quantitative estimate of drug-likeness (QED) is 0.204. The molecule has 0 aromatic heterocycles. The van der Waals surface area contributed by atoms with E-state index in [9.17, 15) is 31.2 Å². The van der Waals surface area contributed by atoms with Crippen molar-refractivity contribution in [3.8, 4) is 5.75 Å². The van der Waals surface area contributed by atoms with Gasteiger partial charge in [0.05, 0.1) is 20.8 Å². The summed E-state index contributed by atoms with van der Waals surface area (Å²) in [6, 6.07) is 3.51. The molecule has 3 rings (SSSR count). The summed E-state index contributed by atoms with van der Waals surface area (Å²) in [4.78, 5) is 25.4. The minimum atomic E-state index is -5.19. The zero-order chi connectivity index (χ0) is 27.1. The van der Waals surface area contributed by atoms with E-state index in [1.807, 2.05) is 0 Å². The number of carbonyl (C=O) groups excluding carboxylic acids is 2. The first kappa shape index (κ1) is 29.9. The van der Waals surface area contributed by atoms with Crippen molar-refractivity contribution in [1.82, 2.24) is 0 Å². The van der Waals surface area contributed by atoms with E-state index < -0.39 is 39.5 Å². The Hall–Kier alpha value is -0.700. The highest BCUT2D eigenvalue weighted by atomic mass is 79.9. The SMILES string of the molecule is CC(CS(=O)(=O)O)(OC(=O)C1CCC2CC(C(=O)Oc3c(Br)cc(Br)cc3Br)CCC2C1)C(F)(F)F. The smallest absolute Gasteiger partial charge is 0.429 e. The van der Waals surface area contributed by atoms with Crippen molar-refractivity contribution >= 4 is 69.8 Å². The summed E-state index contributed by atoms with van der Waals surface area (Å²) in [7, 11) is -5.05. The summed E-state index contributed by atoms with van der Waals surface area (Å²) in [5.74, 6) is -3.97. The fourth-order valence-electron chi connectivity index (χ4n) is 4.95. The molecule has 2 aliphatic rings. The summed E-state index contributed by atoms with van der Waals surface area (Å²) in [6.07, 6.45) is -2.48. The molecule has 7 nitrogen and oxygen atoms in total. The van der Waals surface area contributed by atoms with Crippen LogP contribution in [-0.4, -0.2) is 42.4 Å². The summed E-state index contributed by atoms with van der Waals surface area (Å²) in [6.45, 7) is 0.434. The van der Waals surface area contributed by atoms with E-state index in [0.29, 0.717) is 47.3 Å². The van der Waals surface area contributed by atoms with Crippen LogP contribution in [0.25, 0.3) is 0 Å². The second kappa shape index (κ2) is 11.2. The highest BCUT2D eigenvalue weighted by Gasteiger charge is 2.57. The van der Waals surface area contributed by atoms with Crippen LogP contribution >= 0.6 is 47.8 Å². The van der Waals surface area contributed by atoms with E-state index in [-0.39, 0.29) is 36.6 Å². The number of carbonyl (C=O) groups is 2. The lowest BCUT2D eigenvalue weighted by molar-refractivity contribution is -0.258. The average molecular weight is 729 g/mol. The second-order valence-corrected chi connectivity index (χ2v) is 13.6. The highest BCUT2D eigenvalue weighted by Crippen LogP contribution is 2.47. The molecule has 1 aromatic rings. The Labute approximate surface area is 232 Å². The van der Waals surface area contributed by atoms with Gasteiger partial charge in [-0.1, -0.05) is 15.9 Å². The lowest BCUT2D eigenvalue weighted by Crippen LogP contribution is -2.52. The van der Waals surface area contributed by atoms with Gasteiger partial charge in [0.25, 0.3) is 10.1 Å². The van der Waals surface area contributed by atoms with Gasteiger partial charge in [-0.2, -0.15) is 21.6 Å². The number of hydrogen-bond donors (Lipinski definition) is 1. The molecule has 1 N–H and O–H groups in total. The van der Waals surface area contributed by atoms with Gasteiger partial charge in [-0.15, -0.1) is 0 Å². The van der Waals surface area contributed by atoms with Crippen LogP contribution in [0.15, 0.2) is 25.6 Å². The molecule has 2 saturated carbocycles. The molecular weight excluding hydrogens is 705 g/mol. The van der Waals surface area contributed by atoms with Crippen LogP contribution in [0.5, 0.6) is 5.75 Å². The largest absolute Gasteiger partial charge is 0.448 e. The van der Waals surface area contributed by atoms with E-state index in [0.717, 1.165) is 4.47 Å². The maximum absolute atomic E-state index is 13.5. The summed E-state index contributed by atoms with van der Waals surface area (Å²) < 4.78 is 83.9. The normalized spacial score (nSPS) is 26.4. The standard InChI is InChI=1S/C22H24Br3F3O7S/c1-21(22(26,27)28,10-36(31,32)33)35-20(30)14-5-3-11-6-13(4-2-12(11)7-14)19(29)34-18-16(24)8-15(23)9-17(18)25/h8-9,11-14H,2-7,10H2,1H3,(H,31,32,33). The minimum Gasteiger partial charge on any atom is -0.448 e. The van der Waals surface area contributed by atoms with E-state index in [4.69, 9.17) is 9.29 Å². The molecule has 0 amide bonds. The Balaban J connectivity index is 1.61. The van der Waals surface area contributed by atoms with Crippen molar-refractivity contribution in [1.29, 1.82) is 0 Å². The maximum Gasteiger partial charge on any atom is 0.429 e. The van der Waals surface area contributed by atoms with Gasteiger partial charge < -0.3 is 9.47 Å². The molecule has 0 spiro atoms. The fraction of sp³-hybridized carbons (Fsp3) is 0.636. The first-order chi connectivity index (χ1) is 16.5. The van der Waals surface area contributed by atoms with E-state index in [1.54, 1.807) is 12.1 Å². The Bertz CT molecular complexity index is 1110. The van der Waals surface area contributed by atoms with Gasteiger partial charge >= 0.3 is 18.1 Å². The van der Waals surface area contributed by atoms with Crippen molar-refractivity contribution in [2.75, 3.05) is 5.75 Å². The number of fused-ring (bicyclic) bond motifs is 1. The zero-order valence-electron chi connectivity index (χ0n) is 19.0. The van der Waals surface area contributed by atoms with Crippen molar-refractivity contribution in [2.24, 2.45) is 23.7 Å². The maximum atomic E-state index is 13.5. The summed E-state index contributed by atoms with van der Waals surface area (Å²) >= 11 is 10.1. The average Bonchev–Trinajstić information content (AvgIpc) is 2.73. The molecule has 1 aromatic carbocycles. The van der Waals surface area contributed by atoms with Crippen LogP contribution in [0.4, 0.5) is 13.2 Å². The first-order valence-electron chi connectivity index (χ1n) is 11.1. The monoisotopic (exact) mass is 726 g/mol. The molecule has 5 atom stereocenters. The number of benzene rings is 1. The molecule has 14 heteroatoms. The lowest BCUT2D eigenvalue weighted by Gasteiger charge is -2.41. The zero-order valence-corrected chi connectivity index (χ0v) is 24.6. The topological polar surface area (TPSA) is 107 Å². The molecule has 2 aliphatic carbocycles. The van der Waals surface area contributed by atoms with Crippen molar-refractivity contribution in [2.45, 2.75) is 57.2 Å². The third-order valence-electron chi connectivity index (χ3n) is 6.83. The van der Waals surface area contributed by atoms with Crippen LogP contribution in [0.1, 0.15) is 45.4 Å².